The summed E-state index contributed by atoms with van der Waals surface area (Å²) in [6.45, 7) is 5.06. The van der Waals surface area contributed by atoms with E-state index >= 15 is 0 Å². The maximum atomic E-state index is 12.8. The highest BCUT2D eigenvalue weighted by molar-refractivity contribution is 7.89. The van der Waals surface area contributed by atoms with Gasteiger partial charge in [0.15, 0.2) is 0 Å². The van der Waals surface area contributed by atoms with E-state index in [1.54, 1.807) is 18.2 Å². The Labute approximate surface area is 189 Å². The van der Waals surface area contributed by atoms with Gasteiger partial charge >= 0.3 is 0 Å². The smallest absolute Gasteiger partial charge is 0.243 e. The third-order valence-corrected chi connectivity index (χ3v) is 7.76. The molecule has 0 aliphatic carbocycles. The molecule has 1 aromatic heterocycles. The van der Waals surface area contributed by atoms with E-state index in [1.165, 1.54) is 10.4 Å². The lowest BCUT2D eigenvalue weighted by Gasteiger charge is -2.16. The van der Waals surface area contributed by atoms with Crippen LogP contribution in [0.4, 0.5) is 5.69 Å². The van der Waals surface area contributed by atoms with E-state index in [9.17, 15) is 13.2 Å². The van der Waals surface area contributed by atoms with Crippen molar-refractivity contribution in [3.8, 4) is 5.69 Å². The van der Waals surface area contributed by atoms with E-state index in [0.29, 0.717) is 25.2 Å². The lowest BCUT2D eigenvalue weighted by Crippen LogP contribution is -2.27. The van der Waals surface area contributed by atoms with Gasteiger partial charge in [0, 0.05) is 30.9 Å². The molecule has 4 rings (SSSR count). The zero-order valence-electron chi connectivity index (χ0n) is 18.4. The Morgan fingerprint density at radius 2 is 1.75 bits per heavy atom. The normalized spacial score (nSPS) is 14.6. The summed E-state index contributed by atoms with van der Waals surface area (Å²) in [5.41, 5.74) is 4.44. The second-order valence-corrected chi connectivity index (χ2v) is 10.0. The van der Waals surface area contributed by atoms with Crippen molar-refractivity contribution in [1.82, 2.24) is 14.1 Å². The van der Waals surface area contributed by atoms with E-state index in [-0.39, 0.29) is 17.2 Å². The molecular weight excluding hydrogens is 424 g/mol. The molecule has 2 heterocycles. The van der Waals surface area contributed by atoms with Crippen molar-refractivity contribution in [2.75, 3.05) is 18.4 Å². The minimum Gasteiger partial charge on any atom is -0.326 e. The van der Waals surface area contributed by atoms with Gasteiger partial charge < -0.3 is 5.32 Å². The maximum Gasteiger partial charge on any atom is 0.243 e. The van der Waals surface area contributed by atoms with Crippen LogP contribution in [0.25, 0.3) is 5.69 Å². The SMILES string of the molecule is Cc1nn(-c2ccccc2)c(C)c1CCC(=O)Nc1cccc(S(=O)(=O)N2CCCC2)c1. The lowest BCUT2D eigenvalue weighted by molar-refractivity contribution is -0.116. The Bertz CT molecular complexity index is 1210. The van der Waals surface area contributed by atoms with Crippen LogP contribution in [0.2, 0.25) is 0 Å². The van der Waals surface area contributed by atoms with Crippen LogP contribution in [0.3, 0.4) is 0 Å². The van der Waals surface area contributed by atoms with Gasteiger partial charge in [0.05, 0.1) is 16.3 Å². The Kier molecular flexibility index (Phi) is 6.43. The largest absolute Gasteiger partial charge is 0.326 e. The molecule has 32 heavy (non-hydrogen) atoms. The van der Waals surface area contributed by atoms with E-state index < -0.39 is 10.0 Å². The zero-order valence-corrected chi connectivity index (χ0v) is 19.2. The molecule has 8 heteroatoms. The fraction of sp³-hybridized carbons (Fsp3) is 0.333. The van der Waals surface area contributed by atoms with Crippen LogP contribution in [0.1, 0.15) is 36.2 Å². The first kappa shape index (κ1) is 22.2. The molecule has 7 nitrogen and oxygen atoms in total. The number of aromatic nitrogens is 2. The molecule has 1 fully saturated rings. The van der Waals surface area contributed by atoms with Crippen molar-refractivity contribution in [3.63, 3.8) is 0 Å². The minimum atomic E-state index is -3.52. The maximum absolute atomic E-state index is 12.8. The van der Waals surface area contributed by atoms with Crippen LogP contribution in [0, 0.1) is 13.8 Å². The number of anilines is 1. The number of sulfonamides is 1. The standard InChI is InChI=1S/C24H28N4O3S/c1-18-23(19(2)28(26-18)21-10-4-3-5-11-21)13-14-24(29)25-20-9-8-12-22(17-20)32(30,31)27-15-6-7-16-27/h3-5,8-12,17H,6-7,13-16H2,1-2H3,(H,25,29). The average molecular weight is 453 g/mol. The molecule has 1 saturated heterocycles. The van der Waals surface area contributed by atoms with Crippen LogP contribution >= 0.6 is 0 Å². The number of hydrogen-bond acceptors (Lipinski definition) is 4. The molecule has 0 atom stereocenters. The van der Waals surface area contributed by atoms with E-state index in [4.69, 9.17) is 0 Å². The zero-order chi connectivity index (χ0) is 22.7. The summed E-state index contributed by atoms with van der Waals surface area (Å²) in [5, 5.41) is 7.48. The summed E-state index contributed by atoms with van der Waals surface area (Å²) >= 11 is 0. The summed E-state index contributed by atoms with van der Waals surface area (Å²) in [7, 11) is -3.52. The summed E-state index contributed by atoms with van der Waals surface area (Å²) in [4.78, 5) is 12.8. The fourth-order valence-corrected chi connectivity index (χ4v) is 5.69. The Hall–Kier alpha value is -2.97. The Morgan fingerprint density at radius 3 is 2.47 bits per heavy atom. The van der Waals surface area contributed by atoms with Crippen LogP contribution in [-0.4, -0.2) is 41.5 Å². The molecular formula is C24H28N4O3S. The van der Waals surface area contributed by atoms with Crippen LogP contribution in [0.5, 0.6) is 0 Å². The van der Waals surface area contributed by atoms with Gasteiger partial charge in [0.1, 0.15) is 0 Å². The number of nitrogens with zero attached hydrogens (tertiary/aromatic N) is 3. The van der Waals surface area contributed by atoms with Gasteiger partial charge in [-0.25, -0.2) is 13.1 Å². The summed E-state index contributed by atoms with van der Waals surface area (Å²) in [5.74, 6) is -0.160. The molecule has 0 unspecified atom stereocenters. The average Bonchev–Trinajstić information content (AvgIpc) is 3.42. The van der Waals surface area contributed by atoms with Crippen LogP contribution < -0.4 is 5.32 Å². The van der Waals surface area contributed by atoms with Gasteiger partial charge in [0.2, 0.25) is 15.9 Å². The van der Waals surface area contributed by atoms with Gasteiger partial charge in [-0.15, -0.1) is 0 Å². The number of carbonyl (C=O) groups excluding carboxylic acids is 1. The van der Waals surface area contributed by atoms with E-state index in [0.717, 1.165) is 35.5 Å². The highest BCUT2D eigenvalue weighted by Crippen LogP contribution is 2.24. The second-order valence-electron chi connectivity index (χ2n) is 8.08. The second kappa shape index (κ2) is 9.26. The van der Waals surface area contributed by atoms with Gasteiger partial charge in [-0.3, -0.25) is 4.79 Å². The molecule has 1 aliphatic heterocycles. The molecule has 0 radical (unpaired) electrons. The molecule has 0 saturated carbocycles. The molecule has 1 amide bonds. The number of hydrogen-bond donors (Lipinski definition) is 1. The molecule has 1 N–H and O–H groups in total. The topological polar surface area (TPSA) is 84.3 Å². The molecule has 3 aromatic rings. The number of nitrogens with one attached hydrogen (secondary N) is 1. The van der Waals surface area contributed by atoms with E-state index in [1.807, 2.05) is 48.9 Å². The summed E-state index contributed by atoms with van der Waals surface area (Å²) in [6, 6.07) is 16.4. The summed E-state index contributed by atoms with van der Waals surface area (Å²) in [6.07, 6.45) is 2.61. The van der Waals surface area contributed by atoms with E-state index in [2.05, 4.69) is 10.4 Å². The van der Waals surface area contributed by atoms with Crippen molar-refractivity contribution in [2.45, 2.75) is 44.4 Å². The monoisotopic (exact) mass is 452 g/mol. The first-order chi connectivity index (χ1) is 15.4. The van der Waals surface area contributed by atoms with Crippen molar-refractivity contribution in [2.24, 2.45) is 0 Å². The molecule has 2 aromatic carbocycles. The number of aryl methyl sites for hydroxylation is 1. The third-order valence-electron chi connectivity index (χ3n) is 5.86. The third kappa shape index (κ3) is 4.61. The first-order valence-corrected chi connectivity index (χ1v) is 12.3. The van der Waals surface area contributed by atoms with Crippen molar-refractivity contribution in [3.05, 3.63) is 71.5 Å². The molecule has 1 aliphatic rings. The number of benzene rings is 2. The number of carbonyl (C=O) groups is 1. The number of amides is 1. The van der Waals surface area contributed by atoms with Crippen molar-refractivity contribution >= 4 is 21.6 Å². The van der Waals surface area contributed by atoms with Gasteiger partial charge in [-0.1, -0.05) is 24.3 Å². The molecule has 0 bridgehead atoms. The highest BCUT2D eigenvalue weighted by atomic mass is 32.2. The predicted molar refractivity (Wildman–Crippen MR) is 124 cm³/mol. The van der Waals surface area contributed by atoms with Crippen molar-refractivity contribution < 1.29 is 13.2 Å². The van der Waals surface area contributed by atoms with Gasteiger partial charge in [-0.2, -0.15) is 9.40 Å². The van der Waals surface area contributed by atoms with Gasteiger partial charge in [-0.05, 0) is 69.0 Å². The molecule has 0 spiro atoms. The number of rotatable bonds is 7. The lowest BCUT2D eigenvalue weighted by atomic mass is 10.1. The number of para-hydroxylation sites is 1. The van der Waals surface area contributed by atoms with Crippen molar-refractivity contribution in [1.29, 1.82) is 0 Å². The predicted octanol–water partition coefficient (Wildman–Crippen LogP) is 3.84. The first-order valence-electron chi connectivity index (χ1n) is 10.9. The fourth-order valence-electron chi connectivity index (χ4n) is 4.13. The highest BCUT2D eigenvalue weighted by Gasteiger charge is 2.27. The van der Waals surface area contributed by atoms with Crippen LogP contribution in [0.15, 0.2) is 59.5 Å². The summed E-state index contributed by atoms with van der Waals surface area (Å²) < 4.78 is 29.0. The quantitative estimate of drug-likeness (QED) is 0.590. The molecule has 168 valence electrons. The van der Waals surface area contributed by atoms with Gasteiger partial charge in [0.25, 0.3) is 0 Å². The Balaban J connectivity index is 1.43. The van der Waals surface area contributed by atoms with Crippen LogP contribution in [-0.2, 0) is 21.2 Å². The minimum absolute atomic E-state index is 0.160. The Morgan fingerprint density at radius 1 is 1.03 bits per heavy atom.